The molecule has 0 radical (unpaired) electrons. The van der Waals surface area contributed by atoms with Gasteiger partial charge in [-0.3, -0.25) is 10.1 Å². The lowest BCUT2D eigenvalue weighted by Gasteiger charge is -2.12. The Balaban J connectivity index is 1.42. The van der Waals surface area contributed by atoms with E-state index in [9.17, 15) is 13.6 Å². The number of methoxy groups -OCH3 is 1. The molecule has 0 atom stereocenters. The van der Waals surface area contributed by atoms with Gasteiger partial charge in [0.05, 0.1) is 18.4 Å². The van der Waals surface area contributed by atoms with Gasteiger partial charge in [0.1, 0.15) is 24.0 Å². The number of benzene rings is 2. The maximum Gasteiger partial charge on any atom is 0.257 e. The Hall–Kier alpha value is -3.79. The Morgan fingerprint density at radius 2 is 1.97 bits per heavy atom. The molecule has 0 aliphatic rings. The average Bonchev–Trinajstić information content (AvgIpc) is 3.39. The van der Waals surface area contributed by atoms with Gasteiger partial charge in [0.15, 0.2) is 16.6 Å². The Morgan fingerprint density at radius 3 is 2.68 bits per heavy atom. The number of carbonyl (C=O) groups excluding carboxylic acids is 1. The first-order valence-electron chi connectivity index (χ1n) is 10.3. The standard InChI is InChI=1S/C24H21F2N3O4S/c1-13-19(14(2)33-29-13)12-32-21-7-5-16(9-22(21)31-3)23(30)28-24-27-11-18(34-24)8-15-4-6-17(25)10-20(15)26/h4-7,9-11H,8,12H2,1-3H3,(H,27,28,30). The Bertz CT molecular complexity index is 1320. The van der Waals surface area contributed by atoms with Gasteiger partial charge in [-0.1, -0.05) is 11.2 Å². The summed E-state index contributed by atoms with van der Waals surface area (Å²) < 4.78 is 43.4. The largest absolute Gasteiger partial charge is 0.493 e. The van der Waals surface area contributed by atoms with Crippen LogP contribution < -0.4 is 14.8 Å². The van der Waals surface area contributed by atoms with Crippen LogP contribution in [0.3, 0.4) is 0 Å². The lowest BCUT2D eigenvalue weighted by molar-refractivity contribution is 0.102. The number of rotatable bonds is 8. The van der Waals surface area contributed by atoms with E-state index in [1.807, 2.05) is 13.8 Å². The number of carbonyl (C=O) groups is 1. The maximum absolute atomic E-state index is 13.9. The summed E-state index contributed by atoms with van der Waals surface area (Å²) in [5.41, 5.74) is 2.30. The monoisotopic (exact) mass is 485 g/mol. The van der Waals surface area contributed by atoms with Crippen molar-refractivity contribution in [3.05, 3.63) is 87.3 Å². The summed E-state index contributed by atoms with van der Waals surface area (Å²) in [4.78, 5) is 17.6. The minimum Gasteiger partial charge on any atom is -0.493 e. The number of anilines is 1. The van der Waals surface area contributed by atoms with E-state index < -0.39 is 11.6 Å². The number of nitrogens with one attached hydrogen (secondary N) is 1. The van der Waals surface area contributed by atoms with Crippen LogP contribution in [-0.4, -0.2) is 23.2 Å². The minimum atomic E-state index is -0.630. The molecule has 0 aliphatic heterocycles. The number of thiazole rings is 1. The van der Waals surface area contributed by atoms with Crippen LogP contribution in [0.1, 0.15) is 37.8 Å². The first kappa shape index (κ1) is 23.4. The van der Waals surface area contributed by atoms with E-state index >= 15 is 0 Å². The van der Waals surface area contributed by atoms with Gasteiger partial charge in [0.2, 0.25) is 0 Å². The molecule has 1 amide bonds. The van der Waals surface area contributed by atoms with E-state index in [1.54, 1.807) is 24.4 Å². The first-order valence-corrected chi connectivity index (χ1v) is 11.1. The van der Waals surface area contributed by atoms with E-state index in [0.717, 1.165) is 22.2 Å². The maximum atomic E-state index is 13.9. The van der Waals surface area contributed by atoms with Crippen molar-refractivity contribution in [3.63, 3.8) is 0 Å². The molecule has 34 heavy (non-hydrogen) atoms. The van der Waals surface area contributed by atoms with Crippen LogP contribution in [-0.2, 0) is 13.0 Å². The van der Waals surface area contributed by atoms with Gasteiger partial charge in [-0.15, -0.1) is 11.3 Å². The van der Waals surface area contributed by atoms with Crippen molar-refractivity contribution in [3.8, 4) is 11.5 Å². The molecule has 2 heterocycles. The highest BCUT2D eigenvalue weighted by Gasteiger charge is 2.16. The molecule has 0 bridgehead atoms. The smallest absolute Gasteiger partial charge is 0.257 e. The van der Waals surface area contributed by atoms with Crippen molar-refractivity contribution in [1.82, 2.24) is 10.1 Å². The Morgan fingerprint density at radius 1 is 1.15 bits per heavy atom. The fourth-order valence-corrected chi connectivity index (χ4v) is 4.09. The second-order valence-corrected chi connectivity index (χ2v) is 8.57. The molecule has 7 nitrogen and oxygen atoms in total. The molecule has 0 fully saturated rings. The number of aryl methyl sites for hydroxylation is 2. The molecule has 10 heteroatoms. The van der Waals surface area contributed by atoms with E-state index in [-0.39, 0.29) is 18.9 Å². The molecule has 2 aromatic carbocycles. The molecular formula is C24H21F2N3O4S. The van der Waals surface area contributed by atoms with Crippen molar-refractivity contribution in [2.45, 2.75) is 26.9 Å². The molecule has 4 aromatic rings. The third-order valence-corrected chi connectivity index (χ3v) is 6.05. The molecule has 0 spiro atoms. The summed E-state index contributed by atoms with van der Waals surface area (Å²) >= 11 is 1.21. The molecule has 0 saturated heterocycles. The SMILES string of the molecule is COc1cc(C(=O)Nc2ncc(Cc3ccc(F)cc3F)s2)ccc1OCc1c(C)noc1C. The fourth-order valence-electron chi connectivity index (χ4n) is 3.26. The zero-order valence-corrected chi connectivity index (χ0v) is 19.5. The second-order valence-electron chi connectivity index (χ2n) is 7.46. The number of hydrogen-bond donors (Lipinski definition) is 1. The second kappa shape index (κ2) is 10.0. The van der Waals surface area contributed by atoms with E-state index in [4.69, 9.17) is 14.0 Å². The fraction of sp³-hybridized carbons (Fsp3) is 0.208. The summed E-state index contributed by atoms with van der Waals surface area (Å²) in [5, 5.41) is 6.99. The predicted octanol–water partition coefficient (Wildman–Crippen LogP) is 5.46. The van der Waals surface area contributed by atoms with Gasteiger partial charge < -0.3 is 14.0 Å². The normalized spacial score (nSPS) is 10.9. The lowest BCUT2D eigenvalue weighted by atomic mass is 10.1. The highest BCUT2D eigenvalue weighted by Crippen LogP contribution is 2.30. The summed E-state index contributed by atoms with van der Waals surface area (Å²) in [6.45, 7) is 3.89. The number of ether oxygens (including phenoxy) is 2. The summed E-state index contributed by atoms with van der Waals surface area (Å²) in [6, 6.07) is 8.27. The number of hydrogen-bond acceptors (Lipinski definition) is 7. The molecule has 4 rings (SSSR count). The van der Waals surface area contributed by atoms with Crippen LogP contribution in [0.5, 0.6) is 11.5 Å². The van der Waals surface area contributed by atoms with Crippen LogP contribution in [0, 0.1) is 25.5 Å². The molecule has 0 unspecified atom stereocenters. The van der Waals surface area contributed by atoms with Gasteiger partial charge in [-0.25, -0.2) is 13.8 Å². The topological polar surface area (TPSA) is 86.5 Å². The third kappa shape index (κ3) is 5.23. The number of nitrogens with zero attached hydrogens (tertiary/aromatic N) is 2. The van der Waals surface area contributed by atoms with Crippen molar-refractivity contribution < 1.29 is 27.6 Å². The molecular weight excluding hydrogens is 464 g/mol. The van der Waals surface area contributed by atoms with Crippen LogP contribution >= 0.6 is 11.3 Å². The molecule has 0 saturated carbocycles. The number of halogens is 2. The van der Waals surface area contributed by atoms with Gasteiger partial charge in [0, 0.05) is 29.1 Å². The van der Waals surface area contributed by atoms with E-state index in [0.29, 0.717) is 33.5 Å². The molecule has 1 N–H and O–H groups in total. The molecule has 2 aromatic heterocycles. The van der Waals surface area contributed by atoms with Crippen molar-refractivity contribution in [2.75, 3.05) is 12.4 Å². The zero-order valence-electron chi connectivity index (χ0n) is 18.6. The van der Waals surface area contributed by atoms with Crippen molar-refractivity contribution in [1.29, 1.82) is 0 Å². The van der Waals surface area contributed by atoms with Crippen LogP contribution in [0.15, 0.2) is 47.1 Å². The van der Waals surface area contributed by atoms with Crippen LogP contribution in [0.2, 0.25) is 0 Å². The van der Waals surface area contributed by atoms with Gasteiger partial charge in [-0.05, 0) is 43.7 Å². The summed E-state index contributed by atoms with van der Waals surface area (Å²) in [6.07, 6.45) is 1.79. The number of amides is 1. The third-order valence-electron chi connectivity index (χ3n) is 5.13. The Labute approximate surface area is 198 Å². The highest BCUT2D eigenvalue weighted by atomic mass is 32.1. The summed E-state index contributed by atoms with van der Waals surface area (Å²) in [5.74, 6) is -0.0957. The summed E-state index contributed by atoms with van der Waals surface area (Å²) in [7, 11) is 1.49. The molecule has 0 aliphatic carbocycles. The quantitative estimate of drug-likeness (QED) is 0.357. The lowest BCUT2D eigenvalue weighted by Crippen LogP contribution is -2.12. The minimum absolute atomic E-state index is 0.241. The predicted molar refractivity (Wildman–Crippen MR) is 123 cm³/mol. The van der Waals surface area contributed by atoms with Crippen molar-refractivity contribution >= 4 is 22.4 Å². The average molecular weight is 486 g/mol. The van der Waals surface area contributed by atoms with Crippen LogP contribution in [0.4, 0.5) is 13.9 Å². The van der Waals surface area contributed by atoms with Crippen molar-refractivity contribution in [2.24, 2.45) is 0 Å². The van der Waals surface area contributed by atoms with E-state index in [1.165, 1.54) is 30.6 Å². The van der Waals surface area contributed by atoms with Gasteiger partial charge >= 0.3 is 0 Å². The zero-order chi connectivity index (χ0) is 24.2. The highest BCUT2D eigenvalue weighted by molar-refractivity contribution is 7.15. The number of aromatic nitrogens is 2. The first-order chi connectivity index (χ1) is 16.3. The van der Waals surface area contributed by atoms with Crippen LogP contribution in [0.25, 0.3) is 0 Å². The molecule has 176 valence electrons. The Kier molecular flexibility index (Phi) is 6.87. The van der Waals surface area contributed by atoms with E-state index in [2.05, 4.69) is 15.5 Å². The van der Waals surface area contributed by atoms with Gasteiger partial charge in [0.25, 0.3) is 5.91 Å². The van der Waals surface area contributed by atoms with Gasteiger partial charge in [-0.2, -0.15) is 0 Å².